The molecule has 0 radical (unpaired) electrons. The fourth-order valence-electron chi connectivity index (χ4n) is 2.76. The largest absolute Gasteiger partial charge is 0.324 e. The Morgan fingerprint density at radius 1 is 1.30 bits per heavy atom. The molecule has 0 saturated heterocycles. The Morgan fingerprint density at radius 3 is 2.91 bits per heavy atom. The van der Waals surface area contributed by atoms with Gasteiger partial charge in [0.25, 0.3) is 0 Å². The summed E-state index contributed by atoms with van der Waals surface area (Å²) in [6.45, 7) is 2.15. The summed E-state index contributed by atoms with van der Waals surface area (Å²) in [5, 5.41) is 12.9. The first-order chi connectivity index (χ1) is 11.2. The van der Waals surface area contributed by atoms with E-state index in [4.69, 9.17) is 5.26 Å². The molecule has 0 saturated carbocycles. The number of nitrogens with one attached hydrogen (secondary N) is 1. The monoisotopic (exact) mass is 309 g/mol. The van der Waals surface area contributed by atoms with Crippen LogP contribution in [-0.2, 0) is 4.79 Å². The van der Waals surface area contributed by atoms with Crippen molar-refractivity contribution < 1.29 is 4.79 Å². The molecule has 1 atom stereocenters. The molecule has 4 nitrogen and oxygen atoms in total. The van der Waals surface area contributed by atoms with E-state index >= 15 is 0 Å². The standard InChI is InChI=1S/C19H23N3O/c1-2-3-4-7-15(11-12-20)14-18(23)22-17-10-5-8-16-9-6-13-21-19(16)17/h5-6,8-10,13,15H,2-4,7,11,14H2,1H3,(H,22,23). The molecule has 0 fully saturated rings. The van der Waals surface area contributed by atoms with Gasteiger partial charge in [-0.3, -0.25) is 9.78 Å². The molecule has 1 amide bonds. The van der Waals surface area contributed by atoms with E-state index in [2.05, 4.69) is 23.3 Å². The van der Waals surface area contributed by atoms with Crippen molar-refractivity contribution in [3.8, 4) is 6.07 Å². The first kappa shape index (κ1) is 17.0. The van der Waals surface area contributed by atoms with Gasteiger partial charge in [-0.2, -0.15) is 5.26 Å². The minimum Gasteiger partial charge on any atom is -0.324 e. The Kier molecular flexibility index (Phi) is 6.56. The molecular weight excluding hydrogens is 286 g/mol. The number of fused-ring (bicyclic) bond motifs is 1. The molecule has 1 N–H and O–H groups in total. The second-order valence-corrected chi connectivity index (χ2v) is 5.86. The Hall–Kier alpha value is -2.41. The van der Waals surface area contributed by atoms with E-state index in [0.29, 0.717) is 12.8 Å². The Labute approximate surface area is 137 Å². The number of nitriles is 1. The second kappa shape index (κ2) is 8.89. The molecular formula is C19H23N3O. The number of hydrogen-bond donors (Lipinski definition) is 1. The fraction of sp³-hybridized carbons (Fsp3) is 0.421. The van der Waals surface area contributed by atoms with Crippen molar-refractivity contribution in [2.24, 2.45) is 5.92 Å². The summed E-state index contributed by atoms with van der Waals surface area (Å²) in [5.41, 5.74) is 1.53. The first-order valence-electron chi connectivity index (χ1n) is 8.25. The number of amides is 1. The van der Waals surface area contributed by atoms with E-state index in [1.807, 2.05) is 30.3 Å². The summed E-state index contributed by atoms with van der Waals surface area (Å²) >= 11 is 0. The zero-order valence-corrected chi connectivity index (χ0v) is 13.6. The number of para-hydroxylation sites is 1. The predicted molar refractivity (Wildman–Crippen MR) is 92.9 cm³/mol. The van der Waals surface area contributed by atoms with E-state index in [0.717, 1.165) is 42.3 Å². The minimum atomic E-state index is -0.0418. The van der Waals surface area contributed by atoms with E-state index in [1.165, 1.54) is 0 Å². The average molecular weight is 309 g/mol. The van der Waals surface area contributed by atoms with Crippen LogP contribution in [0.4, 0.5) is 5.69 Å². The van der Waals surface area contributed by atoms with Gasteiger partial charge in [0.2, 0.25) is 5.91 Å². The molecule has 1 heterocycles. The van der Waals surface area contributed by atoms with Crippen molar-refractivity contribution in [3.63, 3.8) is 0 Å². The third kappa shape index (κ3) is 5.07. The summed E-state index contributed by atoms with van der Waals surface area (Å²) in [6, 6.07) is 11.8. The average Bonchev–Trinajstić information content (AvgIpc) is 2.55. The van der Waals surface area contributed by atoms with Crippen LogP contribution in [0.15, 0.2) is 36.5 Å². The lowest BCUT2D eigenvalue weighted by Crippen LogP contribution is -2.17. The molecule has 120 valence electrons. The van der Waals surface area contributed by atoms with Gasteiger partial charge in [-0.15, -0.1) is 0 Å². The van der Waals surface area contributed by atoms with E-state index in [9.17, 15) is 4.79 Å². The van der Waals surface area contributed by atoms with Gasteiger partial charge in [0, 0.05) is 24.4 Å². The van der Waals surface area contributed by atoms with Crippen LogP contribution in [0.3, 0.4) is 0 Å². The quantitative estimate of drug-likeness (QED) is 0.720. The number of hydrogen-bond acceptors (Lipinski definition) is 3. The SMILES string of the molecule is CCCCCC(CC#N)CC(=O)Nc1cccc2cccnc12. The summed E-state index contributed by atoms with van der Waals surface area (Å²) < 4.78 is 0. The number of carbonyl (C=O) groups excluding carboxylic acids is 1. The molecule has 1 aromatic carbocycles. The number of rotatable bonds is 8. The third-order valence-corrected chi connectivity index (χ3v) is 3.98. The van der Waals surface area contributed by atoms with Crippen LogP contribution in [-0.4, -0.2) is 10.9 Å². The van der Waals surface area contributed by atoms with Crippen molar-refractivity contribution >= 4 is 22.5 Å². The van der Waals surface area contributed by atoms with Crippen molar-refractivity contribution in [1.82, 2.24) is 4.98 Å². The van der Waals surface area contributed by atoms with Crippen molar-refractivity contribution in [1.29, 1.82) is 5.26 Å². The van der Waals surface area contributed by atoms with Gasteiger partial charge in [0.05, 0.1) is 17.3 Å². The lowest BCUT2D eigenvalue weighted by Gasteiger charge is -2.14. The molecule has 4 heteroatoms. The molecule has 23 heavy (non-hydrogen) atoms. The number of anilines is 1. The molecule has 0 spiro atoms. The van der Waals surface area contributed by atoms with Gasteiger partial charge >= 0.3 is 0 Å². The first-order valence-corrected chi connectivity index (χ1v) is 8.25. The summed E-state index contributed by atoms with van der Waals surface area (Å²) in [4.78, 5) is 16.7. The number of pyridine rings is 1. The lowest BCUT2D eigenvalue weighted by atomic mass is 9.94. The Bertz CT molecular complexity index is 685. The topological polar surface area (TPSA) is 65.8 Å². The molecule has 2 rings (SSSR count). The van der Waals surface area contributed by atoms with Gasteiger partial charge in [0.1, 0.15) is 0 Å². The van der Waals surface area contributed by atoms with Crippen LogP contribution in [0.25, 0.3) is 10.9 Å². The smallest absolute Gasteiger partial charge is 0.224 e. The van der Waals surface area contributed by atoms with Gasteiger partial charge in [-0.05, 0) is 24.5 Å². The maximum Gasteiger partial charge on any atom is 0.224 e. The maximum absolute atomic E-state index is 12.3. The molecule has 0 aliphatic carbocycles. The Balaban J connectivity index is 2.00. The van der Waals surface area contributed by atoms with Gasteiger partial charge in [-0.25, -0.2) is 0 Å². The molecule has 1 aromatic heterocycles. The zero-order chi connectivity index (χ0) is 16.5. The second-order valence-electron chi connectivity index (χ2n) is 5.86. The molecule has 0 bridgehead atoms. The number of nitrogens with zero attached hydrogens (tertiary/aromatic N) is 2. The highest BCUT2D eigenvalue weighted by molar-refractivity contribution is 6.00. The van der Waals surface area contributed by atoms with Crippen molar-refractivity contribution in [3.05, 3.63) is 36.5 Å². The molecule has 0 aliphatic rings. The van der Waals surface area contributed by atoms with Gasteiger partial charge in [-0.1, -0.05) is 44.4 Å². The van der Waals surface area contributed by atoms with E-state index in [1.54, 1.807) is 6.20 Å². The number of benzene rings is 1. The van der Waals surface area contributed by atoms with Crippen LogP contribution < -0.4 is 5.32 Å². The van der Waals surface area contributed by atoms with Crippen LogP contribution in [0.1, 0.15) is 45.4 Å². The van der Waals surface area contributed by atoms with Crippen LogP contribution in [0.5, 0.6) is 0 Å². The zero-order valence-electron chi connectivity index (χ0n) is 13.6. The summed E-state index contributed by atoms with van der Waals surface area (Å²) in [6.07, 6.45) is 6.85. The third-order valence-electron chi connectivity index (χ3n) is 3.98. The minimum absolute atomic E-state index is 0.0418. The number of unbranched alkanes of at least 4 members (excludes halogenated alkanes) is 2. The lowest BCUT2D eigenvalue weighted by molar-refractivity contribution is -0.117. The Morgan fingerprint density at radius 2 is 2.13 bits per heavy atom. The van der Waals surface area contributed by atoms with Crippen LogP contribution in [0, 0.1) is 17.2 Å². The van der Waals surface area contributed by atoms with Crippen LogP contribution >= 0.6 is 0 Å². The van der Waals surface area contributed by atoms with Crippen molar-refractivity contribution in [2.75, 3.05) is 5.32 Å². The highest BCUT2D eigenvalue weighted by Crippen LogP contribution is 2.22. The van der Waals surface area contributed by atoms with E-state index in [-0.39, 0.29) is 11.8 Å². The molecule has 2 aromatic rings. The van der Waals surface area contributed by atoms with Crippen LogP contribution in [0.2, 0.25) is 0 Å². The van der Waals surface area contributed by atoms with Gasteiger partial charge < -0.3 is 5.32 Å². The van der Waals surface area contributed by atoms with Gasteiger partial charge in [0.15, 0.2) is 0 Å². The highest BCUT2D eigenvalue weighted by atomic mass is 16.1. The van der Waals surface area contributed by atoms with Crippen molar-refractivity contribution in [2.45, 2.75) is 45.4 Å². The summed E-state index contributed by atoms with van der Waals surface area (Å²) in [7, 11) is 0. The summed E-state index contributed by atoms with van der Waals surface area (Å²) in [5.74, 6) is 0.0920. The molecule has 1 unspecified atom stereocenters. The van der Waals surface area contributed by atoms with E-state index < -0.39 is 0 Å². The fourth-order valence-corrected chi connectivity index (χ4v) is 2.76. The highest BCUT2D eigenvalue weighted by Gasteiger charge is 2.14. The normalized spacial score (nSPS) is 11.8. The predicted octanol–water partition coefficient (Wildman–Crippen LogP) is 4.67. The molecule has 0 aliphatic heterocycles. The number of carbonyl (C=O) groups is 1. The maximum atomic E-state index is 12.3. The number of aromatic nitrogens is 1.